The molecule has 0 radical (unpaired) electrons. The van der Waals surface area contributed by atoms with E-state index in [2.05, 4.69) is 65.3 Å². The van der Waals surface area contributed by atoms with Gasteiger partial charge >= 0.3 is 0 Å². The molecule has 1 aromatic heterocycles. The van der Waals surface area contributed by atoms with Gasteiger partial charge in [0.2, 0.25) is 0 Å². The first kappa shape index (κ1) is 15.3. The van der Waals surface area contributed by atoms with E-state index < -0.39 is 0 Å². The minimum Gasteiger partial charge on any atom is -0.326 e. The van der Waals surface area contributed by atoms with Gasteiger partial charge in [0, 0.05) is 24.7 Å². The number of rotatable bonds is 6. The van der Waals surface area contributed by atoms with E-state index in [4.69, 9.17) is 5.84 Å². The van der Waals surface area contributed by atoms with Crippen LogP contribution < -0.4 is 16.2 Å². The summed E-state index contributed by atoms with van der Waals surface area (Å²) in [5, 5.41) is 0. The molecule has 1 heterocycles. The molecule has 1 aromatic carbocycles. The molecule has 5 heteroatoms. The Balaban J connectivity index is 2.40. The number of hydrogen-bond acceptors (Lipinski definition) is 5. The first-order valence-electron chi connectivity index (χ1n) is 7.36. The molecule has 0 amide bonds. The fraction of sp³-hybridized carbons (Fsp3) is 0.375. The van der Waals surface area contributed by atoms with Crippen molar-refractivity contribution in [2.45, 2.75) is 33.6 Å². The molecule has 3 N–H and O–H groups in total. The van der Waals surface area contributed by atoms with Crippen LogP contribution in [0.3, 0.4) is 0 Å². The maximum Gasteiger partial charge on any atom is 0.145 e. The molecule has 2 rings (SSSR count). The molecule has 0 aliphatic rings. The Kier molecular flexibility index (Phi) is 5.11. The van der Waals surface area contributed by atoms with Crippen LogP contribution in [0.15, 0.2) is 30.3 Å². The zero-order chi connectivity index (χ0) is 15.2. The summed E-state index contributed by atoms with van der Waals surface area (Å²) >= 11 is 0. The number of hydrazine groups is 1. The molecule has 0 saturated carbocycles. The topological polar surface area (TPSA) is 67.1 Å². The molecule has 0 unspecified atom stereocenters. The Morgan fingerprint density at radius 1 is 1.14 bits per heavy atom. The van der Waals surface area contributed by atoms with Crippen LogP contribution >= 0.6 is 0 Å². The first-order valence-corrected chi connectivity index (χ1v) is 7.36. The van der Waals surface area contributed by atoms with E-state index in [1.807, 2.05) is 6.07 Å². The highest BCUT2D eigenvalue weighted by molar-refractivity contribution is 5.62. The van der Waals surface area contributed by atoms with Gasteiger partial charge < -0.3 is 10.3 Å². The standard InChI is InChI=1S/C16H23N5/c1-4-6-14-18-15(20-17)11-16(19-14)21(5-2)13-9-7-12(3)8-10-13/h7-11H,4-6,17H2,1-3H3,(H,18,19,20). The second kappa shape index (κ2) is 7.04. The number of aromatic nitrogens is 2. The maximum absolute atomic E-state index is 5.53. The summed E-state index contributed by atoms with van der Waals surface area (Å²) in [6.07, 6.45) is 1.85. The average Bonchev–Trinajstić information content (AvgIpc) is 2.50. The van der Waals surface area contributed by atoms with Crippen LogP contribution in [0.1, 0.15) is 31.7 Å². The van der Waals surface area contributed by atoms with Gasteiger partial charge in [0.1, 0.15) is 17.5 Å². The van der Waals surface area contributed by atoms with Crippen LogP contribution in [0.2, 0.25) is 0 Å². The third-order valence-corrected chi connectivity index (χ3v) is 3.32. The predicted octanol–water partition coefficient (Wildman–Crippen LogP) is 3.18. The Morgan fingerprint density at radius 3 is 2.43 bits per heavy atom. The van der Waals surface area contributed by atoms with Crippen molar-refractivity contribution in [3.05, 3.63) is 41.7 Å². The number of nitrogens with zero attached hydrogens (tertiary/aromatic N) is 3. The molecule has 5 nitrogen and oxygen atoms in total. The lowest BCUT2D eigenvalue weighted by atomic mass is 10.2. The van der Waals surface area contributed by atoms with Crippen molar-refractivity contribution in [2.24, 2.45) is 5.84 Å². The fourth-order valence-corrected chi connectivity index (χ4v) is 2.23. The molecule has 0 saturated heterocycles. The summed E-state index contributed by atoms with van der Waals surface area (Å²) in [5.74, 6) is 7.85. The normalized spacial score (nSPS) is 10.5. The predicted molar refractivity (Wildman–Crippen MR) is 87.7 cm³/mol. The highest BCUT2D eigenvalue weighted by atomic mass is 15.3. The maximum atomic E-state index is 5.53. The first-order chi connectivity index (χ1) is 10.2. The van der Waals surface area contributed by atoms with E-state index in [-0.39, 0.29) is 0 Å². The summed E-state index contributed by atoms with van der Waals surface area (Å²) < 4.78 is 0. The van der Waals surface area contributed by atoms with Crippen LogP contribution in [0.25, 0.3) is 0 Å². The van der Waals surface area contributed by atoms with Gasteiger partial charge in [-0.05, 0) is 32.4 Å². The molecule has 21 heavy (non-hydrogen) atoms. The lowest BCUT2D eigenvalue weighted by Gasteiger charge is -2.23. The molecule has 0 spiro atoms. The molecular weight excluding hydrogens is 262 g/mol. The number of anilines is 3. The Bertz CT molecular complexity index is 580. The number of benzene rings is 1. The van der Waals surface area contributed by atoms with Crippen LogP contribution in [-0.2, 0) is 6.42 Å². The summed E-state index contributed by atoms with van der Waals surface area (Å²) in [6, 6.07) is 10.3. The summed E-state index contributed by atoms with van der Waals surface area (Å²) in [5.41, 5.74) is 4.99. The smallest absolute Gasteiger partial charge is 0.145 e. The molecule has 0 fully saturated rings. The lowest BCUT2D eigenvalue weighted by molar-refractivity contribution is 0.826. The SMILES string of the molecule is CCCc1nc(NN)cc(N(CC)c2ccc(C)cc2)n1. The second-order valence-electron chi connectivity index (χ2n) is 5.00. The van der Waals surface area contributed by atoms with Crippen LogP contribution in [0.5, 0.6) is 0 Å². The van der Waals surface area contributed by atoms with Crippen molar-refractivity contribution < 1.29 is 0 Å². The number of nitrogens with one attached hydrogen (secondary N) is 1. The second-order valence-corrected chi connectivity index (χ2v) is 5.00. The molecule has 0 bridgehead atoms. The van der Waals surface area contributed by atoms with Gasteiger partial charge in [0.05, 0.1) is 0 Å². The Morgan fingerprint density at radius 2 is 1.86 bits per heavy atom. The number of nitrogens with two attached hydrogens (primary N) is 1. The van der Waals surface area contributed by atoms with Crippen LogP contribution in [0.4, 0.5) is 17.3 Å². The van der Waals surface area contributed by atoms with E-state index >= 15 is 0 Å². The van der Waals surface area contributed by atoms with Gasteiger partial charge in [-0.25, -0.2) is 15.8 Å². The lowest BCUT2D eigenvalue weighted by Crippen LogP contribution is -2.20. The van der Waals surface area contributed by atoms with Gasteiger partial charge in [-0.3, -0.25) is 0 Å². The molecule has 0 atom stereocenters. The van der Waals surface area contributed by atoms with Crippen molar-refractivity contribution in [2.75, 3.05) is 16.9 Å². The van der Waals surface area contributed by atoms with Crippen molar-refractivity contribution in [1.82, 2.24) is 9.97 Å². The number of nitrogen functional groups attached to an aromatic ring is 1. The monoisotopic (exact) mass is 285 g/mol. The zero-order valence-corrected chi connectivity index (χ0v) is 12.9. The van der Waals surface area contributed by atoms with Gasteiger partial charge in [0.15, 0.2) is 0 Å². The molecule has 0 aliphatic carbocycles. The quantitative estimate of drug-likeness (QED) is 0.630. The number of hydrogen-bond donors (Lipinski definition) is 2. The minimum atomic E-state index is 0.647. The zero-order valence-electron chi connectivity index (χ0n) is 12.9. The Hall–Kier alpha value is -2.14. The number of aryl methyl sites for hydroxylation is 2. The van der Waals surface area contributed by atoms with Crippen molar-refractivity contribution in [1.29, 1.82) is 0 Å². The average molecular weight is 285 g/mol. The highest BCUT2D eigenvalue weighted by Gasteiger charge is 2.12. The van der Waals surface area contributed by atoms with E-state index in [1.54, 1.807) is 0 Å². The van der Waals surface area contributed by atoms with Crippen molar-refractivity contribution >= 4 is 17.3 Å². The summed E-state index contributed by atoms with van der Waals surface area (Å²) in [4.78, 5) is 11.2. The molecular formula is C16H23N5. The van der Waals surface area contributed by atoms with Gasteiger partial charge in [-0.1, -0.05) is 24.6 Å². The third kappa shape index (κ3) is 3.70. The molecule has 112 valence electrons. The van der Waals surface area contributed by atoms with Gasteiger partial charge in [-0.15, -0.1) is 0 Å². The largest absolute Gasteiger partial charge is 0.326 e. The van der Waals surface area contributed by atoms with Crippen LogP contribution in [0, 0.1) is 6.92 Å². The summed E-state index contributed by atoms with van der Waals surface area (Å²) in [6.45, 7) is 7.14. The van der Waals surface area contributed by atoms with Gasteiger partial charge in [-0.2, -0.15) is 0 Å². The van der Waals surface area contributed by atoms with E-state index in [0.29, 0.717) is 5.82 Å². The molecule has 2 aromatic rings. The third-order valence-electron chi connectivity index (χ3n) is 3.32. The highest BCUT2D eigenvalue weighted by Crippen LogP contribution is 2.25. The van der Waals surface area contributed by atoms with Crippen molar-refractivity contribution in [3.8, 4) is 0 Å². The fourth-order valence-electron chi connectivity index (χ4n) is 2.23. The molecule has 0 aliphatic heterocycles. The van der Waals surface area contributed by atoms with E-state index in [1.165, 1.54) is 5.56 Å². The van der Waals surface area contributed by atoms with Gasteiger partial charge in [0.25, 0.3) is 0 Å². The summed E-state index contributed by atoms with van der Waals surface area (Å²) in [7, 11) is 0. The minimum absolute atomic E-state index is 0.647. The van der Waals surface area contributed by atoms with Crippen molar-refractivity contribution in [3.63, 3.8) is 0 Å². The Labute approximate surface area is 126 Å². The van der Waals surface area contributed by atoms with E-state index in [0.717, 1.165) is 36.7 Å². The van der Waals surface area contributed by atoms with Crippen LogP contribution in [-0.4, -0.2) is 16.5 Å². The van der Waals surface area contributed by atoms with E-state index in [9.17, 15) is 0 Å².